The number of halogens is 2. The van der Waals surface area contributed by atoms with E-state index >= 15 is 0 Å². The highest BCUT2D eigenvalue weighted by atomic mass is 35.5. The van der Waals surface area contributed by atoms with Gasteiger partial charge < -0.3 is 5.32 Å². The van der Waals surface area contributed by atoms with E-state index in [-0.39, 0.29) is 11.4 Å². The molecule has 1 rings (SSSR count). The van der Waals surface area contributed by atoms with E-state index in [4.69, 9.17) is 11.6 Å². The van der Waals surface area contributed by atoms with Gasteiger partial charge in [-0.3, -0.25) is 0 Å². The van der Waals surface area contributed by atoms with E-state index < -0.39 is 0 Å². The maximum absolute atomic E-state index is 13.8. The summed E-state index contributed by atoms with van der Waals surface area (Å²) in [6.07, 6.45) is 2.87. The molecule has 0 aliphatic heterocycles. The molecule has 0 radical (unpaired) electrons. The topological polar surface area (TPSA) is 12.0 Å². The van der Waals surface area contributed by atoms with Gasteiger partial charge in [0.1, 0.15) is 5.82 Å². The summed E-state index contributed by atoms with van der Waals surface area (Å²) in [5.74, 6) is 0.225. The maximum atomic E-state index is 13.8. The Morgan fingerprint density at radius 1 is 1.32 bits per heavy atom. The van der Waals surface area contributed by atoms with Crippen LogP contribution in [0.2, 0.25) is 5.02 Å². The average molecular weight is 286 g/mol. The van der Waals surface area contributed by atoms with Gasteiger partial charge in [0, 0.05) is 16.1 Å². The van der Waals surface area contributed by atoms with E-state index in [9.17, 15) is 4.39 Å². The van der Waals surface area contributed by atoms with Gasteiger partial charge in [-0.15, -0.1) is 0 Å². The van der Waals surface area contributed by atoms with Gasteiger partial charge >= 0.3 is 0 Å². The predicted molar refractivity (Wildman–Crippen MR) is 81.3 cm³/mol. The van der Waals surface area contributed by atoms with Gasteiger partial charge in [0.25, 0.3) is 0 Å². The smallest absolute Gasteiger partial charge is 0.127 e. The molecule has 0 saturated heterocycles. The third kappa shape index (κ3) is 5.92. The van der Waals surface area contributed by atoms with E-state index in [0.29, 0.717) is 22.9 Å². The van der Waals surface area contributed by atoms with Crippen LogP contribution in [0.4, 0.5) is 4.39 Å². The lowest BCUT2D eigenvalue weighted by Crippen LogP contribution is -2.39. The molecule has 0 heterocycles. The minimum absolute atomic E-state index is 0.0883. The van der Waals surface area contributed by atoms with Crippen molar-refractivity contribution in [2.45, 2.75) is 52.5 Å². The molecule has 19 heavy (non-hydrogen) atoms. The van der Waals surface area contributed by atoms with Crippen LogP contribution in [0.5, 0.6) is 0 Å². The van der Waals surface area contributed by atoms with E-state index in [0.717, 1.165) is 19.4 Å². The first kappa shape index (κ1) is 16.5. The Balaban J connectivity index is 2.72. The predicted octanol–water partition coefficient (Wildman–Crippen LogP) is 4.83. The second-order valence-corrected chi connectivity index (χ2v) is 6.60. The van der Waals surface area contributed by atoms with Crippen LogP contribution in [0, 0.1) is 11.7 Å². The van der Waals surface area contributed by atoms with E-state index in [2.05, 4.69) is 33.0 Å². The maximum Gasteiger partial charge on any atom is 0.127 e. The Labute approximate surface area is 121 Å². The minimum Gasteiger partial charge on any atom is -0.312 e. The lowest BCUT2D eigenvalue weighted by atomic mass is 9.93. The molecule has 108 valence electrons. The van der Waals surface area contributed by atoms with Crippen molar-refractivity contribution in [1.29, 1.82) is 0 Å². The van der Waals surface area contributed by atoms with Crippen LogP contribution in [-0.4, -0.2) is 12.1 Å². The highest BCUT2D eigenvalue weighted by Gasteiger charge is 2.17. The van der Waals surface area contributed by atoms with Crippen LogP contribution in [0.1, 0.15) is 46.1 Å². The fourth-order valence-electron chi connectivity index (χ4n) is 2.15. The van der Waals surface area contributed by atoms with Crippen LogP contribution in [0.3, 0.4) is 0 Å². The normalized spacial score (nSPS) is 13.6. The van der Waals surface area contributed by atoms with Crippen molar-refractivity contribution in [2.75, 3.05) is 6.54 Å². The molecule has 1 aromatic carbocycles. The van der Waals surface area contributed by atoms with Gasteiger partial charge in [0.05, 0.1) is 0 Å². The molecule has 1 aromatic rings. The summed E-state index contributed by atoms with van der Waals surface area (Å²) in [5, 5.41) is 4.04. The highest BCUT2D eigenvalue weighted by Crippen LogP contribution is 2.24. The minimum atomic E-state index is -0.190. The fraction of sp³-hybridized carbons (Fsp3) is 0.625. The molecule has 1 atom stereocenters. The number of hydrogen-bond donors (Lipinski definition) is 1. The largest absolute Gasteiger partial charge is 0.312 e. The van der Waals surface area contributed by atoms with Gasteiger partial charge in [-0.2, -0.15) is 0 Å². The lowest BCUT2D eigenvalue weighted by Gasteiger charge is -2.25. The van der Waals surface area contributed by atoms with Gasteiger partial charge in [0.2, 0.25) is 0 Å². The molecule has 0 aliphatic carbocycles. The van der Waals surface area contributed by atoms with Crippen LogP contribution in [0.15, 0.2) is 18.2 Å². The first-order valence-corrected chi connectivity index (χ1v) is 7.39. The second kappa shape index (κ2) is 7.25. The zero-order valence-corrected chi connectivity index (χ0v) is 13.1. The molecule has 1 unspecified atom stereocenters. The Hall–Kier alpha value is -0.600. The number of hydrogen-bond acceptors (Lipinski definition) is 1. The number of nitrogens with one attached hydrogen (secondary N) is 1. The summed E-state index contributed by atoms with van der Waals surface area (Å²) in [5.41, 5.74) is 0.740. The fourth-order valence-corrected chi connectivity index (χ4v) is 2.39. The molecule has 0 amide bonds. The molecule has 0 aromatic heterocycles. The molecule has 0 fully saturated rings. The number of benzene rings is 1. The Kier molecular flexibility index (Phi) is 6.28. The molecule has 0 aliphatic rings. The van der Waals surface area contributed by atoms with Crippen molar-refractivity contribution < 1.29 is 4.39 Å². The summed E-state index contributed by atoms with van der Waals surface area (Å²) in [6.45, 7) is 9.49. The first-order valence-electron chi connectivity index (χ1n) is 7.01. The van der Waals surface area contributed by atoms with E-state index in [1.54, 1.807) is 12.1 Å². The third-order valence-electron chi connectivity index (χ3n) is 3.17. The van der Waals surface area contributed by atoms with Gasteiger partial charge in [0.15, 0.2) is 0 Å². The van der Waals surface area contributed by atoms with Gasteiger partial charge in [-0.05, 0) is 58.2 Å². The molecule has 1 nitrogen and oxygen atoms in total. The van der Waals surface area contributed by atoms with Crippen LogP contribution in [-0.2, 0) is 6.42 Å². The van der Waals surface area contributed by atoms with Crippen molar-refractivity contribution in [3.8, 4) is 0 Å². The lowest BCUT2D eigenvalue weighted by molar-refractivity contribution is 0.353. The summed E-state index contributed by atoms with van der Waals surface area (Å²) in [7, 11) is 0. The van der Waals surface area contributed by atoms with Crippen molar-refractivity contribution in [3.05, 3.63) is 34.6 Å². The van der Waals surface area contributed by atoms with Crippen molar-refractivity contribution in [1.82, 2.24) is 5.32 Å². The Bertz CT molecular complexity index is 378. The second-order valence-electron chi connectivity index (χ2n) is 6.19. The molecular formula is C16H25ClFN. The molecular weight excluding hydrogens is 261 g/mol. The van der Waals surface area contributed by atoms with Crippen LogP contribution >= 0.6 is 11.6 Å². The average Bonchev–Trinajstić information content (AvgIpc) is 2.30. The van der Waals surface area contributed by atoms with Crippen LogP contribution in [0.25, 0.3) is 0 Å². The standard InChI is InChI=1S/C16H25ClFN/c1-5-7-12(11-19-16(2,3)4)10-13-14(17)8-6-9-15(13)18/h6,8-9,12,19H,5,7,10-11H2,1-4H3. The molecule has 0 bridgehead atoms. The van der Waals surface area contributed by atoms with Gasteiger partial charge in [-0.25, -0.2) is 4.39 Å². The SMILES string of the molecule is CCCC(CNC(C)(C)C)Cc1c(F)cccc1Cl. The first-order chi connectivity index (χ1) is 8.83. The summed E-state index contributed by atoms with van der Waals surface area (Å²) in [6, 6.07) is 4.91. The monoisotopic (exact) mass is 285 g/mol. The van der Waals surface area contributed by atoms with Crippen molar-refractivity contribution >= 4 is 11.6 Å². The zero-order valence-electron chi connectivity index (χ0n) is 12.4. The van der Waals surface area contributed by atoms with E-state index in [1.165, 1.54) is 6.07 Å². The Morgan fingerprint density at radius 3 is 2.53 bits per heavy atom. The molecule has 0 spiro atoms. The molecule has 0 saturated carbocycles. The number of rotatable bonds is 6. The zero-order chi connectivity index (χ0) is 14.5. The molecule has 1 N–H and O–H groups in total. The Morgan fingerprint density at radius 2 is 2.00 bits per heavy atom. The summed E-state index contributed by atoms with van der Waals surface area (Å²) >= 11 is 6.10. The van der Waals surface area contributed by atoms with Crippen molar-refractivity contribution in [3.63, 3.8) is 0 Å². The van der Waals surface area contributed by atoms with E-state index in [1.807, 2.05) is 0 Å². The summed E-state index contributed by atoms with van der Waals surface area (Å²) in [4.78, 5) is 0. The van der Waals surface area contributed by atoms with Gasteiger partial charge in [-0.1, -0.05) is 31.0 Å². The van der Waals surface area contributed by atoms with Crippen LogP contribution < -0.4 is 5.32 Å². The summed E-state index contributed by atoms with van der Waals surface area (Å²) < 4.78 is 13.8. The third-order valence-corrected chi connectivity index (χ3v) is 3.53. The quantitative estimate of drug-likeness (QED) is 0.790. The van der Waals surface area contributed by atoms with Crippen molar-refractivity contribution in [2.24, 2.45) is 5.92 Å². The molecule has 3 heteroatoms. The highest BCUT2D eigenvalue weighted by molar-refractivity contribution is 6.31.